The van der Waals surface area contributed by atoms with Crippen LogP contribution in [0.4, 0.5) is 5.69 Å². The number of nitrogens with zero attached hydrogens (tertiary/aromatic N) is 3. The van der Waals surface area contributed by atoms with E-state index in [0.29, 0.717) is 36.5 Å². The monoisotopic (exact) mass is 395 g/mol. The van der Waals surface area contributed by atoms with E-state index >= 15 is 0 Å². The second-order valence-corrected chi connectivity index (χ2v) is 11.0. The van der Waals surface area contributed by atoms with Gasteiger partial charge in [0.2, 0.25) is 0 Å². The Morgan fingerprint density at radius 1 is 1.19 bits per heavy atom. The Balaban J connectivity index is 1.77. The Bertz CT molecular complexity index is 1090. The molecule has 4 rings (SSSR count). The van der Waals surface area contributed by atoms with Crippen molar-refractivity contribution in [3.63, 3.8) is 0 Å². The normalized spacial score (nSPS) is 21.9. The zero-order valence-electron chi connectivity index (χ0n) is 14.7. The van der Waals surface area contributed by atoms with Crippen LogP contribution < -0.4 is 4.31 Å². The summed E-state index contributed by atoms with van der Waals surface area (Å²) in [5.41, 5.74) is 2.65. The van der Waals surface area contributed by atoms with Crippen LogP contribution >= 0.6 is 0 Å². The second kappa shape index (κ2) is 5.82. The van der Waals surface area contributed by atoms with E-state index in [-0.39, 0.29) is 22.4 Å². The molecule has 26 heavy (non-hydrogen) atoms. The molecule has 0 radical (unpaired) electrons. The van der Waals surface area contributed by atoms with E-state index in [2.05, 4.69) is 5.10 Å². The Kier molecular flexibility index (Phi) is 3.92. The van der Waals surface area contributed by atoms with Crippen LogP contribution in [-0.4, -0.2) is 44.7 Å². The summed E-state index contributed by atoms with van der Waals surface area (Å²) in [6.45, 7) is 3.78. The predicted molar refractivity (Wildman–Crippen MR) is 98.7 cm³/mol. The van der Waals surface area contributed by atoms with Crippen molar-refractivity contribution in [1.29, 1.82) is 0 Å². The zero-order valence-corrected chi connectivity index (χ0v) is 16.3. The van der Waals surface area contributed by atoms with Crippen LogP contribution in [0, 0.1) is 13.8 Å². The van der Waals surface area contributed by atoms with E-state index in [1.54, 1.807) is 18.5 Å². The molecular formula is C17H21N3O4S2. The lowest BCUT2D eigenvalue weighted by Crippen LogP contribution is -2.30. The number of sulfone groups is 1. The maximum Gasteiger partial charge on any atom is 0.268 e. The molecule has 1 saturated heterocycles. The fourth-order valence-corrected chi connectivity index (χ4v) is 7.57. The van der Waals surface area contributed by atoms with Gasteiger partial charge in [-0.15, -0.1) is 0 Å². The van der Waals surface area contributed by atoms with Gasteiger partial charge >= 0.3 is 0 Å². The molecule has 0 spiro atoms. The fraction of sp³-hybridized carbons (Fsp3) is 0.471. The number of aryl methyl sites for hydroxylation is 1. The number of hydrogen-bond donors (Lipinski definition) is 0. The topological polar surface area (TPSA) is 89.3 Å². The minimum absolute atomic E-state index is 0.0149. The van der Waals surface area contributed by atoms with Crippen molar-refractivity contribution < 1.29 is 16.8 Å². The van der Waals surface area contributed by atoms with Crippen molar-refractivity contribution in [2.75, 3.05) is 22.4 Å². The quantitative estimate of drug-likeness (QED) is 0.788. The molecule has 0 saturated carbocycles. The number of para-hydroxylation sites is 1. The van der Waals surface area contributed by atoms with Crippen LogP contribution in [0.5, 0.6) is 0 Å². The number of aromatic nitrogens is 2. The van der Waals surface area contributed by atoms with E-state index in [9.17, 15) is 16.8 Å². The van der Waals surface area contributed by atoms with Crippen molar-refractivity contribution in [2.24, 2.45) is 0 Å². The summed E-state index contributed by atoms with van der Waals surface area (Å²) in [4.78, 5) is 0.193. The van der Waals surface area contributed by atoms with E-state index in [1.807, 2.05) is 24.3 Å². The zero-order chi connectivity index (χ0) is 18.7. The van der Waals surface area contributed by atoms with Gasteiger partial charge < -0.3 is 0 Å². The van der Waals surface area contributed by atoms with Crippen molar-refractivity contribution in [1.82, 2.24) is 9.78 Å². The highest BCUT2D eigenvalue weighted by atomic mass is 32.2. The molecule has 0 N–H and O–H groups in total. The molecule has 1 fully saturated rings. The van der Waals surface area contributed by atoms with Gasteiger partial charge in [-0.2, -0.15) is 5.10 Å². The van der Waals surface area contributed by atoms with Gasteiger partial charge in [0.1, 0.15) is 4.90 Å². The van der Waals surface area contributed by atoms with Gasteiger partial charge in [0, 0.05) is 6.54 Å². The number of sulfonamides is 1. The second-order valence-electron chi connectivity index (χ2n) is 6.96. The average Bonchev–Trinajstić information content (AvgIpc) is 3.23. The van der Waals surface area contributed by atoms with E-state index in [0.717, 1.165) is 5.56 Å². The van der Waals surface area contributed by atoms with Crippen LogP contribution in [0.3, 0.4) is 0 Å². The van der Waals surface area contributed by atoms with Crippen molar-refractivity contribution in [3.05, 3.63) is 41.2 Å². The first-order chi connectivity index (χ1) is 12.2. The highest BCUT2D eigenvalue weighted by Gasteiger charge is 2.37. The number of fused-ring (bicyclic) bond motifs is 1. The fourth-order valence-electron chi connectivity index (χ4n) is 4.01. The van der Waals surface area contributed by atoms with Crippen LogP contribution in [-0.2, 0) is 26.3 Å². The van der Waals surface area contributed by atoms with E-state index in [1.165, 1.54) is 4.31 Å². The minimum atomic E-state index is -3.75. The van der Waals surface area contributed by atoms with Gasteiger partial charge in [0.25, 0.3) is 10.0 Å². The first-order valence-corrected chi connectivity index (χ1v) is 11.8. The summed E-state index contributed by atoms with van der Waals surface area (Å²) in [5.74, 6) is 0.137. The first kappa shape index (κ1) is 17.5. The van der Waals surface area contributed by atoms with Crippen molar-refractivity contribution in [2.45, 2.75) is 37.6 Å². The summed E-state index contributed by atoms with van der Waals surface area (Å²) in [6.07, 6.45) is 1.15. The maximum absolute atomic E-state index is 13.3. The molecule has 0 aliphatic carbocycles. The van der Waals surface area contributed by atoms with Gasteiger partial charge in [-0.05, 0) is 38.3 Å². The van der Waals surface area contributed by atoms with Gasteiger partial charge in [0.05, 0.1) is 34.6 Å². The van der Waals surface area contributed by atoms with Crippen LogP contribution in [0.15, 0.2) is 29.2 Å². The summed E-state index contributed by atoms with van der Waals surface area (Å²) < 4.78 is 53.3. The molecule has 140 valence electrons. The molecule has 2 aliphatic heterocycles. The van der Waals surface area contributed by atoms with Crippen LogP contribution in [0.1, 0.15) is 29.4 Å². The summed E-state index contributed by atoms with van der Waals surface area (Å²) >= 11 is 0. The lowest BCUT2D eigenvalue weighted by Gasteiger charge is -2.20. The van der Waals surface area contributed by atoms with Crippen molar-refractivity contribution >= 4 is 25.5 Å². The largest absolute Gasteiger partial charge is 0.268 e. The van der Waals surface area contributed by atoms with E-state index in [4.69, 9.17) is 0 Å². The summed E-state index contributed by atoms with van der Waals surface area (Å²) in [5, 5.41) is 4.40. The van der Waals surface area contributed by atoms with Crippen LogP contribution in [0.25, 0.3) is 0 Å². The smallest absolute Gasteiger partial charge is 0.266 e. The Labute approximate surface area is 153 Å². The SMILES string of the molecule is Cc1nn(C2CCS(=O)(=O)C2)c(C)c1S(=O)(=O)N1CCc2ccccc21. The van der Waals surface area contributed by atoms with Gasteiger partial charge in [0.15, 0.2) is 9.84 Å². The van der Waals surface area contributed by atoms with Gasteiger partial charge in [-0.1, -0.05) is 18.2 Å². The van der Waals surface area contributed by atoms with E-state index < -0.39 is 19.9 Å². The van der Waals surface area contributed by atoms with Gasteiger partial charge in [-0.25, -0.2) is 16.8 Å². The summed E-state index contributed by atoms with van der Waals surface area (Å²) in [7, 11) is -6.83. The average molecular weight is 396 g/mol. The standard InChI is InChI=1S/C17H21N3O4S2/c1-12-17(13(2)20(18-12)15-8-10-25(21,22)11-15)26(23,24)19-9-7-14-5-3-4-6-16(14)19/h3-6,15H,7-11H2,1-2H3. The molecule has 1 atom stereocenters. The number of benzene rings is 1. The Morgan fingerprint density at radius 2 is 1.92 bits per heavy atom. The summed E-state index contributed by atoms with van der Waals surface area (Å²) in [6, 6.07) is 7.20. The highest BCUT2D eigenvalue weighted by Crippen LogP contribution is 2.36. The molecule has 2 aliphatic rings. The Morgan fingerprint density at radius 3 is 2.62 bits per heavy atom. The molecule has 3 heterocycles. The maximum atomic E-state index is 13.3. The third kappa shape index (κ3) is 2.64. The molecule has 7 nitrogen and oxygen atoms in total. The third-order valence-corrected chi connectivity index (χ3v) is 9.02. The number of rotatable bonds is 3. The Hall–Kier alpha value is -1.87. The van der Waals surface area contributed by atoms with Gasteiger partial charge in [-0.3, -0.25) is 8.99 Å². The predicted octanol–water partition coefficient (Wildman–Crippen LogP) is 1.61. The minimum Gasteiger partial charge on any atom is -0.266 e. The number of hydrogen-bond acceptors (Lipinski definition) is 5. The van der Waals surface area contributed by atoms with Crippen LogP contribution in [0.2, 0.25) is 0 Å². The molecule has 1 aromatic heterocycles. The molecule has 9 heteroatoms. The number of anilines is 1. The van der Waals surface area contributed by atoms with Crippen molar-refractivity contribution in [3.8, 4) is 0 Å². The highest BCUT2D eigenvalue weighted by molar-refractivity contribution is 7.93. The molecule has 0 bridgehead atoms. The molecule has 2 aromatic rings. The lowest BCUT2D eigenvalue weighted by atomic mass is 10.2. The third-order valence-electron chi connectivity index (χ3n) is 5.21. The molecule has 0 amide bonds. The molecular weight excluding hydrogens is 374 g/mol. The lowest BCUT2D eigenvalue weighted by molar-refractivity contribution is 0.484. The first-order valence-electron chi connectivity index (χ1n) is 8.57. The molecule has 1 unspecified atom stereocenters. The molecule has 1 aromatic carbocycles.